The largest absolute Gasteiger partial charge is 0.454 e. The van der Waals surface area contributed by atoms with Crippen LogP contribution in [0.5, 0.6) is 0 Å². The van der Waals surface area contributed by atoms with E-state index in [1.54, 1.807) is 0 Å². The van der Waals surface area contributed by atoms with Gasteiger partial charge in [0.05, 0.1) is 11.0 Å². The first-order chi connectivity index (χ1) is 30.7. The van der Waals surface area contributed by atoms with Gasteiger partial charge < -0.3 is 8.98 Å². The Hall–Kier alpha value is -8.41. The van der Waals surface area contributed by atoms with Gasteiger partial charge in [-0.2, -0.15) is 0 Å². The number of para-hydroxylation sites is 1. The van der Waals surface area contributed by atoms with Gasteiger partial charge >= 0.3 is 0 Å². The van der Waals surface area contributed by atoms with Gasteiger partial charge in [0.1, 0.15) is 5.58 Å². The van der Waals surface area contributed by atoms with Crippen LogP contribution >= 0.6 is 0 Å². The average molecular weight is 793 g/mol. The summed E-state index contributed by atoms with van der Waals surface area (Å²) in [6.45, 7) is 0. The highest BCUT2D eigenvalue weighted by Gasteiger charge is 2.22. The normalized spacial score (nSPS) is 11.5. The summed E-state index contributed by atoms with van der Waals surface area (Å²) in [6.07, 6.45) is 0. The number of fused-ring (bicyclic) bond motifs is 7. The van der Waals surface area contributed by atoms with Crippen molar-refractivity contribution < 1.29 is 4.42 Å². The second-order valence-electron chi connectivity index (χ2n) is 15.6. The van der Waals surface area contributed by atoms with Gasteiger partial charge in [0.2, 0.25) is 0 Å². The number of nitrogens with zero attached hydrogens (tertiary/aromatic N) is 4. The van der Waals surface area contributed by atoms with Crippen LogP contribution in [-0.2, 0) is 0 Å². The van der Waals surface area contributed by atoms with E-state index in [-0.39, 0.29) is 0 Å². The fourth-order valence-electron chi connectivity index (χ4n) is 8.88. The van der Waals surface area contributed by atoms with Crippen molar-refractivity contribution in [3.8, 4) is 73.2 Å². The molecule has 12 aromatic rings. The van der Waals surface area contributed by atoms with E-state index >= 15 is 0 Å². The summed E-state index contributed by atoms with van der Waals surface area (Å²) in [5.74, 6) is 1.80. The molecule has 0 amide bonds. The van der Waals surface area contributed by atoms with Crippen LogP contribution in [0.1, 0.15) is 0 Å². The molecule has 0 radical (unpaired) electrons. The molecule has 3 heterocycles. The fourth-order valence-corrected chi connectivity index (χ4v) is 8.88. The maximum absolute atomic E-state index is 6.98. The molecule has 0 aliphatic heterocycles. The molecular formula is C57H36N4O. The van der Waals surface area contributed by atoms with Crippen LogP contribution in [0.2, 0.25) is 0 Å². The third kappa shape index (κ3) is 6.06. The minimum absolute atomic E-state index is 0.584. The molecule has 62 heavy (non-hydrogen) atoms. The first-order valence-corrected chi connectivity index (χ1v) is 20.8. The van der Waals surface area contributed by atoms with E-state index < -0.39 is 0 Å². The highest BCUT2D eigenvalue weighted by Crippen LogP contribution is 2.43. The Labute approximate surface area is 357 Å². The van der Waals surface area contributed by atoms with Crippen LogP contribution in [0, 0.1) is 0 Å². The van der Waals surface area contributed by atoms with E-state index in [9.17, 15) is 0 Å². The van der Waals surface area contributed by atoms with E-state index in [4.69, 9.17) is 19.4 Å². The summed E-state index contributed by atoms with van der Waals surface area (Å²) >= 11 is 0. The molecule has 9 aromatic carbocycles. The summed E-state index contributed by atoms with van der Waals surface area (Å²) in [5, 5.41) is 4.24. The van der Waals surface area contributed by atoms with Crippen molar-refractivity contribution in [1.82, 2.24) is 19.5 Å². The van der Waals surface area contributed by atoms with Gasteiger partial charge in [0, 0.05) is 43.9 Å². The molecule has 12 rings (SSSR count). The van der Waals surface area contributed by atoms with Crippen LogP contribution in [-0.4, -0.2) is 19.5 Å². The number of furan rings is 1. The van der Waals surface area contributed by atoms with Crippen molar-refractivity contribution in [2.24, 2.45) is 0 Å². The Balaban J connectivity index is 1.03. The number of hydrogen-bond donors (Lipinski definition) is 0. The predicted octanol–water partition coefficient (Wildman–Crippen LogP) is 14.9. The molecule has 0 fully saturated rings. The summed E-state index contributed by atoms with van der Waals surface area (Å²) in [7, 11) is 0. The van der Waals surface area contributed by atoms with Crippen molar-refractivity contribution in [2.75, 3.05) is 0 Å². The molecule has 0 saturated heterocycles. The molecular weight excluding hydrogens is 757 g/mol. The number of rotatable bonds is 7. The Bertz CT molecular complexity index is 3590. The van der Waals surface area contributed by atoms with Gasteiger partial charge in [-0.1, -0.05) is 188 Å². The first kappa shape index (κ1) is 35.5. The molecule has 0 bridgehead atoms. The lowest BCUT2D eigenvalue weighted by Crippen LogP contribution is -2.00. The van der Waals surface area contributed by atoms with Gasteiger partial charge in [-0.25, -0.2) is 15.0 Å². The monoisotopic (exact) mass is 792 g/mol. The highest BCUT2D eigenvalue weighted by atomic mass is 16.3. The zero-order chi connectivity index (χ0) is 41.0. The minimum Gasteiger partial charge on any atom is -0.454 e. The summed E-state index contributed by atoms with van der Waals surface area (Å²) in [6, 6.07) is 76.3. The SMILES string of the molecule is c1ccc(-c2ccc(-c3cccc(-n4c5ccccc5c5ccc6c(oc7cccc(-c8nc(-c9ccccc9)nc(-c9ccc(-c%10ccccc%10)cc9)n8)c76)c54)c3)cc2)cc1. The third-order valence-electron chi connectivity index (χ3n) is 11.9. The molecule has 3 aromatic heterocycles. The van der Waals surface area contributed by atoms with Crippen LogP contribution in [0.3, 0.4) is 0 Å². The lowest BCUT2D eigenvalue weighted by atomic mass is 10.00. The Morgan fingerprint density at radius 2 is 0.823 bits per heavy atom. The van der Waals surface area contributed by atoms with Gasteiger partial charge in [0.15, 0.2) is 23.1 Å². The quantitative estimate of drug-likeness (QED) is 0.161. The van der Waals surface area contributed by atoms with Crippen LogP contribution in [0.15, 0.2) is 223 Å². The van der Waals surface area contributed by atoms with Crippen LogP contribution in [0.4, 0.5) is 0 Å². The maximum Gasteiger partial charge on any atom is 0.164 e. The maximum atomic E-state index is 6.98. The van der Waals surface area contributed by atoms with E-state index in [1.807, 2.05) is 48.5 Å². The predicted molar refractivity (Wildman–Crippen MR) is 254 cm³/mol. The summed E-state index contributed by atoms with van der Waals surface area (Å²) in [5.41, 5.74) is 14.5. The number of benzene rings is 9. The molecule has 0 saturated carbocycles. The highest BCUT2D eigenvalue weighted by molar-refractivity contribution is 6.23. The fraction of sp³-hybridized carbons (Fsp3) is 0. The molecule has 0 N–H and O–H groups in total. The zero-order valence-corrected chi connectivity index (χ0v) is 33.5. The standard InChI is InChI=1S/C57H36N4O/c1-4-14-37(15-5-1)39-26-28-41(29-27-39)44-20-12-21-45(36-44)61-50-24-11-10-22-46(50)47-34-35-48-52-49(23-13-25-51(52)62-54(48)53(47)61)57-59-55(42-18-8-3-9-19-42)58-56(60-57)43-32-30-40(31-33-43)38-16-6-2-7-17-38/h1-36H. The van der Waals surface area contributed by atoms with E-state index in [2.05, 4.69) is 174 Å². The Morgan fingerprint density at radius 1 is 0.339 bits per heavy atom. The summed E-state index contributed by atoms with van der Waals surface area (Å²) in [4.78, 5) is 15.4. The lowest BCUT2D eigenvalue weighted by molar-refractivity contribution is 0.671. The smallest absolute Gasteiger partial charge is 0.164 e. The summed E-state index contributed by atoms with van der Waals surface area (Å²) < 4.78 is 9.33. The lowest BCUT2D eigenvalue weighted by Gasteiger charge is -2.11. The molecule has 0 aliphatic rings. The topological polar surface area (TPSA) is 56.7 Å². The van der Waals surface area contributed by atoms with Crippen molar-refractivity contribution in [1.29, 1.82) is 0 Å². The second-order valence-corrected chi connectivity index (χ2v) is 15.6. The van der Waals surface area contributed by atoms with Crippen molar-refractivity contribution >= 4 is 43.7 Å². The number of hydrogen-bond acceptors (Lipinski definition) is 4. The first-order valence-electron chi connectivity index (χ1n) is 20.8. The van der Waals surface area contributed by atoms with E-state index in [0.717, 1.165) is 88.4 Å². The van der Waals surface area contributed by atoms with Gasteiger partial charge in [-0.3, -0.25) is 0 Å². The average Bonchev–Trinajstić information content (AvgIpc) is 3.91. The van der Waals surface area contributed by atoms with Crippen molar-refractivity contribution in [2.45, 2.75) is 0 Å². The minimum atomic E-state index is 0.584. The Kier molecular flexibility index (Phi) is 8.42. The molecule has 0 unspecified atom stereocenters. The molecule has 5 heteroatoms. The van der Waals surface area contributed by atoms with Crippen molar-refractivity contribution in [3.63, 3.8) is 0 Å². The van der Waals surface area contributed by atoms with E-state index in [0.29, 0.717) is 17.5 Å². The third-order valence-corrected chi connectivity index (χ3v) is 11.9. The second kappa shape index (κ2) is 14.7. The van der Waals surface area contributed by atoms with Crippen LogP contribution in [0.25, 0.3) is 117 Å². The van der Waals surface area contributed by atoms with Gasteiger partial charge in [-0.05, 0) is 63.7 Å². The van der Waals surface area contributed by atoms with Crippen LogP contribution < -0.4 is 0 Å². The molecule has 0 spiro atoms. The Morgan fingerprint density at radius 3 is 1.48 bits per heavy atom. The molecule has 0 atom stereocenters. The van der Waals surface area contributed by atoms with E-state index in [1.165, 1.54) is 11.1 Å². The molecule has 290 valence electrons. The van der Waals surface area contributed by atoms with Crippen molar-refractivity contribution in [3.05, 3.63) is 218 Å². The zero-order valence-electron chi connectivity index (χ0n) is 33.5. The van der Waals surface area contributed by atoms with Gasteiger partial charge in [-0.15, -0.1) is 0 Å². The molecule has 5 nitrogen and oxygen atoms in total. The number of aromatic nitrogens is 4. The van der Waals surface area contributed by atoms with Gasteiger partial charge in [0.25, 0.3) is 0 Å². The molecule has 0 aliphatic carbocycles.